The van der Waals surface area contributed by atoms with Gasteiger partial charge in [-0.1, -0.05) is 6.08 Å². The third-order valence-corrected chi connectivity index (χ3v) is 5.44. The van der Waals surface area contributed by atoms with Crippen molar-refractivity contribution in [2.24, 2.45) is 5.92 Å². The number of rotatable bonds is 7. The zero-order valence-corrected chi connectivity index (χ0v) is 17.2. The first-order chi connectivity index (χ1) is 13.0. The Hall–Kier alpha value is -2.39. The number of amides is 2. The predicted octanol–water partition coefficient (Wildman–Crippen LogP) is 1.75. The minimum Gasteiger partial charge on any atom is -0.444 e. The standard InChI is InChI=1S/C19H27N3O5S/c1-5-10-21-28(25,26)16-8-6-15(7-9-16)17(23)20-11-14-12-22(13-14)18(24)27-19(2,3)4/h5-9,14,21H,1,10-13H2,2-4H3,(H,20,23). The molecule has 1 aromatic rings. The number of hydrogen-bond donors (Lipinski definition) is 2. The van der Waals surface area contributed by atoms with Crippen LogP contribution in [0.1, 0.15) is 31.1 Å². The van der Waals surface area contributed by atoms with Crippen LogP contribution >= 0.6 is 0 Å². The van der Waals surface area contributed by atoms with E-state index in [1.165, 1.54) is 30.3 Å². The minimum absolute atomic E-state index is 0.0814. The lowest BCUT2D eigenvalue weighted by Gasteiger charge is -2.39. The average Bonchev–Trinajstić information content (AvgIpc) is 2.57. The summed E-state index contributed by atoms with van der Waals surface area (Å²) in [5.41, 5.74) is -0.164. The van der Waals surface area contributed by atoms with Gasteiger partial charge in [-0.25, -0.2) is 17.9 Å². The van der Waals surface area contributed by atoms with Gasteiger partial charge in [0.2, 0.25) is 10.0 Å². The zero-order valence-electron chi connectivity index (χ0n) is 16.4. The molecular formula is C19H27N3O5S. The highest BCUT2D eigenvalue weighted by molar-refractivity contribution is 7.89. The van der Waals surface area contributed by atoms with E-state index in [9.17, 15) is 18.0 Å². The molecule has 0 atom stereocenters. The lowest BCUT2D eigenvalue weighted by atomic mass is 10.0. The molecule has 9 heteroatoms. The van der Waals surface area contributed by atoms with E-state index in [0.29, 0.717) is 25.2 Å². The maximum Gasteiger partial charge on any atom is 0.410 e. The van der Waals surface area contributed by atoms with Crippen molar-refractivity contribution in [2.75, 3.05) is 26.2 Å². The summed E-state index contributed by atoms with van der Waals surface area (Å²) in [6.45, 7) is 10.5. The van der Waals surface area contributed by atoms with Gasteiger partial charge in [0.1, 0.15) is 5.60 Å². The molecule has 0 aliphatic carbocycles. The number of hydrogen-bond acceptors (Lipinski definition) is 5. The highest BCUT2D eigenvalue weighted by Gasteiger charge is 2.33. The molecule has 8 nitrogen and oxygen atoms in total. The van der Waals surface area contributed by atoms with E-state index in [0.717, 1.165) is 0 Å². The number of benzene rings is 1. The third-order valence-electron chi connectivity index (χ3n) is 4.00. The van der Waals surface area contributed by atoms with Crippen molar-refractivity contribution in [3.05, 3.63) is 42.5 Å². The Bertz CT molecular complexity index is 822. The first kappa shape index (κ1) is 21.9. The predicted molar refractivity (Wildman–Crippen MR) is 105 cm³/mol. The van der Waals surface area contributed by atoms with E-state index < -0.39 is 15.6 Å². The Morgan fingerprint density at radius 2 is 1.86 bits per heavy atom. The molecule has 1 aromatic carbocycles. The van der Waals surface area contributed by atoms with Crippen molar-refractivity contribution in [1.29, 1.82) is 0 Å². The van der Waals surface area contributed by atoms with Crippen LogP contribution < -0.4 is 10.0 Å². The molecule has 2 N–H and O–H groups in total. The van der Waals surface area contributed by atoms with E-state index in [1.807, 2.05) is 20.8 Å². The molecule has 0 radical (unpaired) electrons. The monoisotopic (exact) mass is 409 g/mol. The highest BCUT2D eigenvalue weighted by atomic mass is 32.2. The third kappa shape index (κ3) is 6.07. The van der Waals surface area contributed by atoms with Crippen LogP contribution in [0.4, 0.5) is 4.79 Å². The number of nitrogens with one attached hydrogen (secondary N) is 2. The summed E-state index contributed by atoms with van der Waals surface area (Å²) in [4.78, 5) is 25.8. The Balaban J connectivity index is 1.80. The van der Waals surface area contributed by atoms with Crippen molar-refractivity contribution in [1.82, 2.24) is 14.9 Å². The second-order valence-electron chi connectivity index (χ2n) is 7.63. The van der Waals surface area contributed by atoms with Crippen LogP contribution in [0, 0.1) is 5.92 Å². The van der Waals surface area contributed by atoms with Crippen molar-refractivity contribution in [2.45, 2.75) is 31.3 Å². The van der Waals surface area contributed by atoms with Crippen molar-refractivity contribution >= 4 is 22.0 Å². The summed E-state index contributed by atoms with van der Waals surface area (Å²) < 4.78 is 31.7. The molecule has 1 saturated heterocycles. The molecule has 28 heavy (non-hydrogen) atoms. The molecule has 1 aliphatic rings. The fourth-order valence-electron chi connectivity index (χ4n) is 2.55. The fraction of sp³-hybridized carbons (Fsp3) is 0.474. The first-order valence-corrected chi connectivity index (χ1v) is 10.5. The SMILES string of the molecule is C=CCNS(=O)(=O)c1ccc(C(=O)NCC2CN(C(=O)OC(C)(C)C)C2)cc1. The molecule has 154 valence electrons. The minimum atomic E-state index is -3.62. The van der Waals surface area contributed by atoms with Crippen LogP contribution in [0.2, 0.25) is 0 Å². The highest BCUT2D eigenvalue weighted by Crippen LogP contribution is 2.19. The first-order valence-electron chi connectivity index (χ1n) is 8.98. The van der Waals surface area contributed by atoms with Gasteiger partial charge in [0.15, 0.2) is 0 Å². The Kier molecular flexibility index (Phi) is 6.84. The van der Waals surface area contributed by atoms with Gasteiger partial charge in [0.05, 0.1) is 4.90 Å². The van der Waals surface area contributed by atoms with E-state index in [-0.39, 0.29) is 29.4 Å². The molecule has 2 rings (SSSR count). The van der Waals surface area contributed by atoms with Gasteiger partial charge in [-0.15, -0.1) is 6.58 Å². The summed E-state index contributed by atoms with van der Waals surface area (Å²) in [5, 5.41) is 2.81. The molecule has 1 heterocycles. The summed E-state index contributed by atoms with van der Waals surface area (Å²) in [6.07, 6.45) is 1.10. The number of ether oxygens (including phenoxy) is 1. The zero-order chi connectivity index (χ0) is 20.9. The normalized spacial score (nSPS) is 14.9. The van der Waals surface area contributed by atoms with E-state index in [1.54, 1.807) is 4.90 Å². The summed E-state index contributed by atoms with van der Waals surface area (Å²) in [5.74, 6) is -0.127. The summed E-state index contributed by atoms with van der Waals surface area (Å²) >= 11 is 0. The average molecular weight is 410 g/mol. The van der Waals surface area contributed by atoms with Gasteiger partial charge >= 0.3 is 6.09 Å². The molecule has 0 saturated carbocycles. The lowest BCUT2D eigenvalue weighted by molar-refractivity contribution is -0.000536. The Labute approximate surface area is 166 Å². The molecule has 0 unspecified atom stereocenters. The Morgan fingerprint density at radius 1 is 1.25 bits per heavy atom. The van der Waals surface area contributed by atoms with Crippen molar-refractivity contribution < 1.29 is 22.7 Å². The quantitative estimate of drug-likeness (QED) is 0.668. The van der Waals surface area contributed by atoms with Gasteiger partial charge in [-0.3, -0.25) is 4.79 Å². The van der Waals surface area contributed by atoms with Crippen LogP contribution in [0.15, 0.2) is 41.8 Å². The molecule has 0 aromatic heterocycles. The molecule has 1 fully saturated rings. The van der Waals surface area contributed by atoms with Gasteiger partial charge in [-0.05, 0) is 45.0 Å². The van der Waals surface area contributed by atoms with Crippen LogP contribution in [0.3, 0.4) is 0 Å². The number of carbonyl (C=O) groups is 2. The van der Waals surface area contributed by atoms with Gasteiger partial charge < -0.3 is 15.0 Å². The molecule has 2 amide bonds. The molecule has 1 aliphatic heterocycles. The second-order valence-corrected chi connectivity index (χ2v) is 9.39. The lowest BCUT2D eigenvalue weighted by Crippen LogP contribution is -2.54. The van der Waals surface area contributed by atoms with Gasteiger partial charge in [0, 0.05) is 37.7 Å². The van der Waals surface area contributed by atoms with Crippen LogP contribution in [0.5, 0.6) is 0 Å². The van der Waals surface area contributed by atoms with Crippen LogP contribution in [0.25, 0.3) is 0 Å². The van der Waals surface area contributed by atoms with Gasteiger partial charge in [-0.2, -0.15) is 0 Å². The van der Waals surface area contributed by atoms with Crippen molar-refractivity contribution in [3.63, 3.8) is 0 Å². The largest absolute Gasteiger partial charge is 0.444 e. The molecular weight excluding hydrogens is 382 g/mol. The van der Waals surface area contributed by atoms with E-state index in [4.69, 9.17) is 4.74 Å². The smallest absolute Gasteiger partial charge is 0.410 e. The summed E-state index contributed by atoms with van der Waals surface area (Å²) in [6, 6.07) is 5.69. The van der Waals surface area contributed by atoms with Crippen LogP contribution in [-0.2, 0) is 14.8 Å². The Morgan fingerprint density at radius 3 is 2.39 bits per heavy atom. The van der Waals surface area contributed by atoms with Gasteiger partial charge in [0.25, 0.3) is 5.91 Å². The second kappa shape index (κ2) is 8.74. The molecule has 0 spiro atoms. The number of nitrogens with zero attached hydrogens (tertiary/aromatic N) is 1. The van der Waals surface area contributed by atoms with Crippen molar-refractivity contribution in [3.8, 4) is 0 Å². The number of likely N-dealkylation sites (tertiary alicyclic amines) is 1. The topological polar surface area (TPSA) is 105 Å². The van der Waals surface area contributed by atoms with E-state index in [2.05, 4.69) is 16.6 Å². The fourth-order valence-corrected chi connectivity index (χ4v) is 3.55. The van der Waals surface area contributed by atoms with E-state index >= 15 is 0 Å². The van der Waals surface area contributed by atoms with Crippen LogP contribution in [-0.4, -0.2) is 57.1 Å². The molecule has 0 bridgehead atoms. The maximum absolute atomic E-state index is 12.2. The summed E-state index contributed by atoms with van der Waals surface area (Å²) in [7, 11) is -3.62. The number of sulfonamides is 1. The maximum atomic E-state index is 12.2. The number of carbonyl (C=O) groups excluding carboxylic acids is 2.